The van der Waals surface area contributed by atoms with Crippen LogP contribution < -0.4 is 0 Å². The van der Waals surface area contributed by atoms with E-state index in [4.69, 9.17) is 9.97 Å². The van der Waals surface area contributed by atoms with Crippen molar-refractivity contribution in [3.05, 3.63) is 205 Å². The highest BCUT2D eigenvalue weighted by molar-refractivity contribution is 6.26. The Bertz CT molecular complexity index is 3800. The molecule has 1 N–H and O–H groups in total. The van der Waals surface area contributed by atoms with Gasteiger partial charge in [0.15, 0.2) is 0 Å². The lowest BCUT2D eigenvalue weighted by Gasteiger charge is -2.27. The number of pyridine rings is 1. The second kappa shape index (κ2) is 16.7. The Morgan fingerprint density at radius 3 is 1.61 bits per heavy atom. The van der Waals surface area contributed by atoms with Crippen LogP contribution in [0.5, 0.6) is 5.75 Å². The van der Waals surface area contributed by atoms with E-state index < -0.39 is 0 Å². The third-order valence-corrected chi connectivity index (χ3v) is 14.2. The van der Waals surface area contributed by atoms with E-state index in [0.717, 1.165) is 66.7 Å². The summed E-state index contributed by atoms with van der Waals surface area (Å²) < 4.78 is 2.28. The van der Waals surface area contributed by atoms with Gasteiger partial charge in [-0.15, -0.1) is 0 Å². The van der Waals surface area contributed by atoms with E-state index in [-0.39, 0.29) is 22.0 Å². The van der Waals surface area contributed by atoms with Crippen LogP contribution in [-0.4, -0.2) is 19.6 Å². The van der Waals surface area contributed by atoms with Crippen molar-refractivity contribution in [2.75, 3.05) is 0 Å². The average molecular weight is 910 g/mol. The van der Waals surface area contributed by atoms with Crippen LogP contribution >= 0.6 is 0 Å². The van der Waals surface area contributed by atoms with Gasteiger partial charge in [-0.25, -0.2) is 4.98 Å². The number of aromatic nitrogens is 3. The van der Waals surface area contributed by atoms with E-state index >= 15 is 0 Å². The fraction of sp³-hybridized carbons (Fsp3) is 0.182. The molecular weight excluding hydrogens is 851 g/mol. The van der Waals surface area contributed by atoms with Gasteiger partial charge in [0.25, 0.3) is 0 Å². The number of rotatable bonds is 6. The molecule has 0 atom stereocenters. The Hall–Kier alpha value is -7.82. The summed E-state index contributed by atoms with van der Waals surface area (Å²) in [7, 11) is 0. The minimum atomic E-state index is -0.332. The molecule has 2 aromatic heterocycles. The lowest BCUT2D eigenvalue weighted by molar-refractivity contribution is 0.446. The quantitative estimate of drug-likeness (QED) is 0.169. The summed E-state index contributed by atoms with van der Waals surface area (Å²) in [6.45, 7) is 20.0. The highest BCUT2D eigenvalue weighted by Gasteiger charge is 2.29. The molecule has 0 aliphatic rings. The van der Waals surface area contributed by atoms with Gasteiger partial charge < -0.3 is 5.11 Å². The highest BCUT2D eigenvalue weighted by atomic mass is 16.3. The monoisotopic (exact) mass is 909 g/mol. The van der Waals surface area contributed by atoms with Crippen molar-refractivity contribution in [3.63, 3.8) is 0 Å². The van der Waals surface area contributed by atoms with Crippen molar-refractivity contribution in [2.45, 2.75) is 78.6 Å². The minimum absolute atomic E-state index is 0.149. The smallest absolute Gasteiger partial charge is 0.149 e. The van der Waals surface area contributed by atoms with Crippen LogP contribution in [0.2, 0.25) is 0 Å². The maximum absolute atomic E-state index is 12.6. The van der Waals surface area contributed by atoms with Crippen LogP contribution in [0.4, 0.5) is 0 Å². The number of fused-ring (bicyclic) bond motifs is 7. The average Bonchev–Trinajstić information content (AvgIpc) is 3.75. The standard InChI is InChI=1S/C66H59N3O/c1-64(2,3)47-34-45(33-46(35-47)59-37-44(31-32-67-59)42-21-14-11-15-22-42)50-25-18-26-60-61(50)68-63(57-38-48(65(4,5)6)39-58(62(57)70)66(7,8)9)69(60)49-28-30-54-53-29-27-43(41-19-12-10-13-20-41)36-55(53)51-23-16-17-24-52(51)56(54)40-49/h10-40,70H,1-9H3. The zero-order valence-corrected chi connectivity index (χ0v) is 41.7. The predicted octanol–water partition coefficient (Wildman–Crippen LogP) is 17.8. The van der Waals surface area contributed by atoms with Crippen LogP contribution in [-0.2, 0) is 16.2 Å². The Morgan fingerprint density at radius 2 is 0.971 bits per heavy atom. The molecule has 4 nitrogen and oxygen atoms in total. The van der Waals surface area contributed by atoms with E-state index in [0.29, 0.717) is 11.4 Å². The zero-order valence-electron chi connectivity index (χ0n) is 41.7. The molecule has 0 saturated heterocycles. The van der Waals surface area contributed by atoms with Gasteiger partial charge >= 0.3 is 0 Å². The van der Waals surface area contributed by atoms with Crippen LogP contribution in [0.3, 0.4) is 0 Å². The van der Waals surface area contributed by atoms with Crippen molar-refractivity contribution in [3.8, 4) is 67.5 Å². The predicted molar refractivity (Wildman–Crippen MR) is 296 cm³/mol. The Labute approximate surface area is 412 Å². The molecule has 11 aromatic rings. The van der Waals surface area contributed by atoms with Crippen molar-refractivity contribution >= 4 is 43.4 Å². The fourth-order valence-electron chi connectivity index (χ4n) is 10.2. The summed E-state index contributed by atoms with van der Waals surface area (Å²) in [6.07, 6.45) is 1.91. The number of phenolic OH excluding ortho intramolecular Hbond substituents is 1. The molecule has 0 aliphatic heterocycles. The second-order valence-electron chi connectivity index (χ2n) is 22.1. The first-order valence-electron chi connectivity index (χ1n) is 24.5. The number of imidazole rings is 1. The molecule has 0 radical (unpaired) electrons. The number of hydrogen-bond donors (Lipinski definition) is 1. The molecule has 0 unspecified atom stereocenters. The van der Waals surface area contributed by atoms with Crippen LogP contribution in [0.1, 0.15) is 79.0 Å². The molecule has 0 fully saturated rings. The Balaban J connectivity index is 1.19. The normalized spacial score (nSPS) is 12.4. The number of nitrogens with zero attached hydrogens (tertiary/aromatic N) is 3. The number of hydrogen-bond acceptors (Lipinski definition) is 3. The molecule has 0 aliphatic carbocycles. The third-order valence-electron chi connectivity index (χ3n) is 14.2. The fourth-order valence-corrected chi connectivity index (χ4v) is 10.2. The number of aromatic hydroxyl groups is 1. The summed E-state index contributed by atoms with van der Waals surface area (Å²) in [5, 5.41) is 19.8. The molecule has 4 heteroatoms. The third kappa shape index (κ3) is 7.92. The summed E-state index contributed by atoms with van der Waals surface area (Å²) >= 11 is 0. The van der Waals surface area contributed by atoms with E-state index in [9.17, 15) is 5.11 Å². The minimum Gasteiger partial charge on any atom is -0.507 e. The van der Waals surface area contributed by atoms with Crippen molar-refractivity contribution in [1.82, 2.24) is 14.5 Å². The van der Waals surface area contributed by atoms with E-state index in [1.54, 1.807) is 0 Å². The van der Waals surface area contributed by atoms with Crippen molar-refractivity contribution in [1.29, 1.82) is 0 Å². The zero-order chi connectivity index (χ0) is 48.7. The van der Waals surface area contributed by atoms with Gasteiger partial charge in [-0.2, -0.15) is 0 Å². The molecule has 9 aromatic carbocycles. The second-order valence-corrected chi connectivity index (χ2v) is 22.1. The Kier molecular flexibility index (Phi) is 10.7. The van der Waals surface area contributed by atoms with Crippen LogP contribution in [0.15, 0.2) is 188 Å². The summed E-state index contributed by atoms with van der Waals surface area (Å²) in [4.78, 5) is 10.7. The molecule has 2 heterocycles. The van der Waals surface area contributed by atoms with Crippen molar-refractivity contribution in [2.24, 2.45) is 0 Å². The number of phenols is 1. The molecule has 70 heavy (non-hydrogen) atoms. The van der Waals surface area contributed by atoms with Crippen molar-refractivity contribution < 1.29 is 5.11 Å². The van der Waals surface area contributed by atoms with Gasteiger partial charge in [0, 0.05) is 28.6 Å². The molecule has 0 spiro atoms. The number of benzene rings is 9. The maximum atomic E-state index is 12.6. The van der Waals surface area contributed by atoms with E-state index in [1.807, 2.05) is 6.20 Å². The first kappa shape index (κ1) is 44.7. The lowest BCUT2D eigenvalue weighted by Crippen LogP contribution is -2.17. The topological polar surface area (TPSA) is 50.9 Å². The SMILES string of the molecule is CC(C)(C)c1cc(-c2cc(-c3ccccc3)ccn2)cc(-c2cccc3c2nc(-c2cc(C(C)(C)C)cc(C(C)(C)C)c2O)n3-c2ccc3c4ccc(-c5ccccc5)cc4c4ccccc4c3c2)c1. The van der Waals surface area contributed by atoms with Gasteiger partial charge in [-0.1, -0.05) is 190 Å². The molecular formula is C66H59N3O. The van der Waals surface area contributed by atoms with E-state index in [2.05, 4.69) is 249 Å². The van der Waals surface area contributed by atoms with Crippen LogP contribution in [0.25, 0.3) is 105 Å². The van der Waals surface area contributed by atoms with Gasteiger partial charge in [0.1, 0.15) is 11.6 Å². The lowest BCUT2D eigenvalue weighted by atomic mass is 9.79. The maximum Gasteiger partial charge on any atom is 0.149 e. The first-order chi connectivity index (χ1) is 33.5. The van der Waals surface area contributed by atoms with Gasteiger partial charge in [0.2, 0.25) is 0 Å². The molecule has 0 bridgehead atoms. The highest BCUT2D eigenvalue weighted by Crippen LogP contribution is 2.46. The molecule has 0 amide bonds. The van der Waals surface area contributed by atoms with Gasteiger partial charge in [-0.05, 0) is 142 Å². The van der Waals surface area contributed by atoms with Gasteiger partial charge in [-0.3, -0.25) is 9.55 Å². The van der Waals surface area contributed by atoms with Gasteiger partial charge in [0.05, 0.1) is 22.3 Å². The summed E-state index contributed by atoms with van der Waals surface area (Å²) in [6, 6.07) is 65.7. The van der Waals surface area contributed by atoms with Crippen LogP contribution in [0, 0.1) is 0 Å². The number of para-hydroxylation sites is 1. The summed E-state index contributed by atoms with van der Waals surface area (Å²) in [5.41, 5.74) is 14.8. The first-order valence-corrected chi connectivity index (χ1v) is 24.5. The summed E-state index contributed by atoms with van der Waals surface area (Å²) in [5.74, 6) is 0.948. The van der Waals surface area contributed by atoms with E-state index in [1.165, 1.54) is 43.6 Å². The molecule has 0 saturated carbocycles. The largest absolute Gasteiger partial charge is 0.507 e. The molecule has 344 valence electrons. The Morgan fingerprint density at radius 1 is 0.400 bits per heavy atom. The molecule has 11 rings (SSSR count).